The maximum atomic E-state index is 13.1. The predicted molar refractivity (Wildman–Crippen MR) is 100 cm³/mol. The van der Waals surface area contributed by atoms with Crippen molar-refractivity contribution < 1.29 is 27.5 Å². The van der Waals surface area contributed by atoms with Gasteiger partial charge in [-0.1, -0.05) is 23.7 Å². The number of hydrogen-bond acceptors (Lipinski definition) is 5. The number of amides is 1. The van der Waals surface area contributed by atoms with Crippen LogP contribution in [0.25, 0.3) is 0 Å². The van der Waals surface area contributed by atoms with Crippen LogP contribution in [0.15, 0.2) is 54.2 Å². The van der Waals surface area contributed by atoms with E-state index in [0.29, 0.717) is 0 Å². The molecule has 1 amide bonds. The molecule has 0 unspecified atom stereocenters. The summed E-state index contributed by atoms with van der Waals surface area (Å²) in [5, 5.41) is 13.7. The van der Waals surface area contributed by atoms with Gasteiger partial charge in [0.2, 0.25) is 0 Å². The summed E-state index contributed by atoms with van der Waals surface area (Å²) >= 11 is 5.61. The normalized spacial score (nSPS) is 11.4. The average Bonchev–Trinajstić information content (AvgIpc) is 2.68. The molecule has 0 spiro atoms. The lowest BCUT2D eigenvalue weighted by atomic mass is 10.1. The monoisotopic (exact) mass is 423 g/mol. The third-order valence-corrected chi connectivity index (χ3v) is 3.84. The number of benzene rings is 2. The van der Waals surface area contributed by atoms with E-state index >= 15 is 0 Å². The summed E-state index contributed by atoms with van der Waals surface area (Å²) in [6.45, 7) is 0. The Morgan fingerprint density at radius 2 is 1.86 bits per heavy atom. The number of nitrogens with one attached hydrogen (secondary N) is 2. The minimum absolute atomic E-state index is 0.0469. The van der Waals surface area contributed by atoms with Gasteiger partial charge in [-0.2, -0.15) is 18.4 Å². The van der Waals surface area contributed by atoms with Gasteiger partial charge in [0.05, 0.1) is 29.6 Å². The number of alkyl halides is 3. The zero-order valence-corrected chi connectivity index (χ0v) is 15.6. The summed E-state index contributed by atoms with van der Waals surface area (Å²) in [7, 11) is 1.16. The third-order valence-electron chi connectivity index (χ3n) is 3.60. The fourth-order valence-corrected chi connectivity index (χ4v) is 2.42. The smallest absolute Gasteiger partial charge is 0.418 e. The van der Waals surface area contributed by atoms with Gasteiger partial charge in [0, 0.05) is 11.2 Å². The molecule has 150 valence electrons. The minimum atomic E-state index is -4.70. The highest BCUT2D eigenvalue weighted by Crippen LogP contribution is 2.36. The maximum Gasteiger partial charge on any atom is 0.418 e. The standard InChI is InChI=1S/C19H13ClF3N3O3/c1-29-18(28)13-4-2-3-5-15(13)26-17(27)11(9-24)10-25-16-7-6-12(20)8-14(16)19(21,22)23/h2-8,10,25H,1H3,(H,26,27)/b11-10-. The summed E-state index contributed by atoms with van der Waals surface area (Å²) < 4.78 is 44.0. The minimum Gasteiger partial charge on any atom is -0.465 e. The molecule has 0 radical (unpaired) electrons. The highest BCUT2D eigenvalue weighted by Gasteiger charge is 2.33. The number of halogens is 4. The summed E-state index contributed by atoms with van der Waals surface area (Å²) in [5.74, 6) is -1.64. The van der Waals surface area contributed by atoms with Crippen LogP contribution in [0, 0.1) is 11.3 Å². The number of anilines is 2. The van der Waals surface area contributed by atoms with E-state index < -0.39 is 34.9 Å². The van der Waals surface area contributed by atoms with Crippen molar-refractivity contribution in [2.24, 2.45) is 0 Å². The number of nitrogens with zero attached hydrogens (tertiary/aromatic N) is 1. The quantitative estimate of drug-likeness (QED) is 0.416. The van der Waals surface area contributed by atoms with Gasteiger partial charge in [-0.05, 0) is 30.3 Å². The first kappa shape index (κ1) is 21.8. The van der Waals surface area contributed by atoms with E-state index in [1.54, 1.807) is 18.2 Å². The number of methoxy groups -OCH3 is 1. The van der Waals surface area contributed by atoms with Crippen molar-refractivity contribution in [3.05, 3.63) is 70.4 Å². The van der Waals surface area contributed by atoms with Crippen LogP contribution in [0.3, 0.4) is 0 Å². The molecule has 2 rings (SSSR count). The molecule has 2 aromatic rings. The van der Waals surface area contributed by atoms with E-state index in [1.807, 2.05) is 0 Å². The molecular weight excluding hydrogens is 411 g/mol. The van der Waals surface area contributed by atoms with Gasteiger partial charge in [0.1, 0.15) is 11.6 Å². The van der Waals surface area contributed by atoms with Gasteiger partial charge in [-0.15, -0.1) is 0 Å². The Morgan fingerprint density at radius 3 is 2.48 bits per heavy atom. The second-order valence-electron chi connectivity index (χ2n) is 5.49. The molecule has 0 aliphatic rings. The Labute approximate surface area is 168 Å². The van der Waals surface area contributed by atoms with Crippen LogP contribution in [0.1, 0.15) is 15.9 Å². The molecular formula is C19H13ClF3N3O3. The van der Waals surface area contributed by atoms with Crippen LogP contribution in [-0.4, -0.2) is 19.0 Å². The van der Waals surface area contributed by atoms with Crippen LogP contribution in [0.2, 0.25) is 5.02 Å². The number of hydrogen-bond donors (Lipinski definition) is 2. The second-order valence-corrected chi connectivity index (χ2v) is 5.93. The van der Waals surface area contributed by atoms with Gasteiger partial charge in [-0.3, -0.25) is 4.79 Å². The van der Waals surface area contributed by atoms with Crippen LogP contribution < -0.4 is 10.6 Å². The van der Waals surface area contributed by atoms with Crippen LogP contribution in [0.4, 0.5) is 24.5 Å². The van der Waals surface area contributed by atoms with Crippen molar-refractivity contribution in [2.75, 3.05) is 17.7 Å². The van der Waals surface area contributed by atoms with Crippen LogP contribution in [-0.2, 0) is 15.7 Å². The topological polar surface area (TPSA) is 91.2 Å². The third kappa shape index (κ3) is 5.49. The van der Waals surface area contributed by atoms with Crippen molar-refractivity contribution in [3.63, 3.8) is 0 Å². The Balaban J connectivity index is 2.28. The fraction of sp³-hybridized carbons (Fsp3) is 0.105. The SMILES string of the molecule is COC(=O)c1ccccc1NC(=O)/C(C#N)=C\Nc1ccc(Cl)cc1C(F)(F)F. The van der Waals surface area contributed by atoms with Crippen LogP contribution in [0.5, 0.6) is 0 Å². The van der Waals surface area contributed by atoms with Gasteiger partial charge >= 0.3 is 12.1 Å². The molecule has 0 aliphatic carbocycles. The number of carbonyl (C=O) groups is 2. The molecule has 0 aromatic heterocycles. The molecule has 0 fully saturated rings. The number of ether oxygens (including phenoxy) is 1. The van der Waals surface area contributed by atoms with Gasteiger partial charge in [0.15, 0.2) is 0 Å². The Bertz CT molecular complexity index is 1010. The molecule has 0 saturated heterocycles. The Morgan fingerprint density at radius 1 is 1.17 bits per heavy atom. The van der Waals surface area contributed by atoms with Crippen molar-refractivity contribution >= 4 is 34.9 Å². The van der Waals surface area contributed by atoms with E-state index in [9.17, 15) is 28.0 Å². The van der Waals surface area contributed by atoms with E-state index in [2.05, 4.69) is 15.4 Å². The molecule has 6 nitrogen and oxygen atoms in total. The summed E-state index contributed by atoms with van der Waals surface area (Å²) in [4.78, 5) is 24.1. The molecule has 0 atom stereocenters. The molecule has 0 heterocycles. The van der Waals surface area contributed by atoms with Crippen molar-refractivity contribution in [3.8, 4) is 6.07 Å². The van der Waals surface area contributed by atoms with Gasteiger partial charge < -0.3 is 15.4 Å². The largest absolute Gasteiger partial charge is 0.465 e. The van der Waals surface area contributed by atoms with E-state index in [4.69, 9.17) is 11.6 Å². The van der Waals surface area contributed by atoms with Crippen molar-refractivity contribution in [1.82, 2.24) is 0 Å². The van der Waals surface area contributed by atoms with Crippen LogP contribution >= 0.6 is 11.6 Å². The Kier molecular flexibility index (Phi) is 6.85. The van der Waals surface area contributed by atoms with E-state index in [1.165, 1.54) is 18.2 Å². The lowest BCUT2D eigenvalue weighted by molar-refractivity contribution is -0.136. The number of esters is 1. The van der Waals surface area contributed by atoms with Crippen molar-refractivity contribution in [2.45, 2.75) is 6.18 Å². The lowest BCUT2D eigenvalue weighted by Gasteiger charge is -2.13. The first-order valence-electron chi connectivity index (χ1n) is 7.89. The number of carbonyl (C=O) groups excluding carboxylic acids is 2. The molecule has 29 heavy (non-hydrogen) atoms. The zero-order chi connectivity index (χ0) is 21.6. The highest BCUT2D eigenvalue weighted by atomic mass is 35.5. The zero-order valence-electron chi connectivity index (χ0n) is 14.8. The predicted octanol–water partition coefficient (Wildman–Crippen LogP) is 4.60. The number of para-hydroxylation sites is 1. The first-order valence-corrected chi connectivity index (χ1v) is 8.27. The van der Waals surface area contributed by atoms with E-state index in [-0.39, 0.29) is 16.3 Å². The summed E-state index contributed by atoms with van der Waals surface area (Å²) in [6.07, 6.45) is -3.87. The van der Waals surface area contributed by atoms with E-state index in [0.717, 1.165) is 25.4 Å². The lowest BCUT2D eigenvalue weighted by Crippen LogP contribution is -2.17. The fourth-order valence-electron chi connectivity index (χ4n) is 2.25. The average molecular weight is 424 g/mol. The van der Waals surface area contributed by atoms with Gasteiger partial charge in [0.25, 0.3) is 5.91 Å². The summed E-state index contributed by atoms with van der Waals surface area (Å²) in [6, 6.07) is 10.5. The first-order chi connectivity index (χ1) is 13.7. The Hall–Kier alpha value is -3.51. The maximum absolute atomic E-state index is 13.1. The molecule has 0 bridgehead atoms. The molecule has 10 heteroatoms. The molecule has 0 aliphatic heterocycles. The molecule has 2 aromatic carbocycles. The number of nitriles is 1. The number of rotatable bonds is 5. The highest BCUT2D eigenvalue weighted by molar-refractivity contribution is 6.30. The molecule has 0 saturated carbocycles. The second kappa shape index (κ2) is 9.12. The summed E-state index contributed by atoms with van der Waals surface area (Å²) in [5.41, 5.74) is -1.85. The molecule has 2 N–H and O–H groups in total. The van der Waals surface area contributed by atoms with Crippen molar-refractivity contribution in [1.29, 1.82) is 5.26 Å². The van der Waals surface area contributed by atoms with Gasteiger partial charge in [-0.25, -0.2) is 4.79 Å².